The van der Waals surface area contributed by atoms with Gasteiger partial charge in [0.25, 0.3) is 0 Å². The van der Waals surface area contributed by atoms with Crippen molar-refractivity contribution < 1.29 is 16.8 Å². The normalized spacial score (nSPS) is 12.5. The van der Waals surface area contributed by atoms with Gasteiger partial charge >= 0.3 is 0 Å². The summed E-state index contributed by atoms with van der Waals surface area (Å²) < 4.78 is 54.0. The predicted molar refractivity (Wildman–Crippen MR) is 142 cm³/mol. The molecule has 0 aliphatic rings. The molecule has 188 valence electrons. The second kappa shape index (κ2) is 10.3. The molecule has 0 bridgehead atoms. The van der Waals surface area contributed by atoms with Crippen LogP contribution in [0.3, 0.4) is 0 Å². The Morgan fingerprint density at radius 2 is 1.51 bits per heavy atom. The summed E-state index contributed by atoms with van der Waals surface area (Å²) in [7, 11) is -4.89. The summed E-state index contributed by atoms with van der Waals surface area (Å²) in [6.45, 7) is 0. The largest absolute Gasteiger partial charge is 0.242 e. The number of halogens is 1. The number of sulfone groups is 1. The third-order valence-corrected chi connectivity index (χ3v) is 9.24. The van der Waals surface area contributed by atoms with Crippen LogP contribution in [0.4, 0.5) is 0 Å². The minimum atomic E-state index is -4.14. The monoisotopic (exact) mass is 552 g/mol. The van der Waals surface area contributed by atoms with Crippen LogP contribution >= 0.6 is 11.6 Å². The standard InChI is InChI=1S/C26H21ClN4O4S2/c1-30(2)37(34,35)24-12-8-19(9-13-24)26-20(18-31(29-26)22-6-4-3-5-7-22)16-25(17-28)36(32,33)23-14-10-21(27)11-15-23/h3-16,18H,1-2H3/b25-16-. The van der Waals surface area contributed by atoms with Crippen molar-refractivity contribution in [3.8, 4) is 23.0 Å². The first kappa shape index (κ1) is 26.3. The van der Waals surface area contributed by atoms with Gasteiger partial charge in [-0.3, -0.25) is 0 Å². The number of nitriles is 1. The maximum atomic E-state index is 13.2. The van der Waals surface area contributed by atoms with E-state index in [2.05, 4.69) is 5.10 Å². The fourth-order valence-electron chi connectivity index (χ4n) is 3.48. The maximum absolute atomic E-state index is 13.2. The zero-order valence-corrected chi connectivity index (χ0v) is 22.2. The van der Waals surface area contributed by atoms with E-state index in [-0.39, 0.29) is 9.79 Å². The Labute approximate surface area is 220 Å². The molecule has 0 aliphatic heterocycles. The number of sulfonamides is 1. The van der Waals surface area contributed by atoms with Gasteiger partial charge in [-0.1, -0.05) is 41.9 Å². The smallest absolute Gasteiger partial charge is 0.240 e. The van der Waals surface area contributed by atoms with Gasteiger partial charge in [0.15, 0.2) is 0 Å². The molecule has 11 heteroatoms. The zero-order chi connectivity index (χ0) is 26.8. The van der Waals surface area contributed by atoms with Gasteiger partial charge in [0.05, 0.1) is 15.5 Å². The Morgan fingerprint density at radius 3 is 2.08 bits per heavy atom. The van der Waals surface area contributed by atoms with Crippen LogP contribution in [0.25, 0.3) is 23.0 Å². The van der Waals surface area contributed by atoms with Gasteiger partial charge in [-0.2, -0.15) is 10.4 Å². The van der Waals surface area contributed by atoms with Crippen molar-refractivity contribution in [1.29, 1.82) is 5.26 Å². The predicted octanol–water partition coefficient (Wildman–Crippen LogP) is 4.78. The summed E-state index contributed by atoms with van der Waals surface area (Å²) in [5.41, 5.74) is 1.99. The average Bonchev–Trinajstić information content (AvgIpc) is 3.32. The van der Waals surface area contributed by atoms with Gasteiger partial charge in [0, 0.05) is 36.4 Å². The fourth-order valence-corrected chi connectivity index (χ4v) is 5.66. The first-order chi connectivity index (χ1) is 17.5. The van der Waals surface area contributed by atoms with Crippen molar-refractivity contribution in [3.05, 3.63) is 101 Å². The van der Waals surface area contributed by atoms with E-state index in [1.165, 1.54) is 56.6 Å². The van der Waals surface area contributed by atoms with E-state index < -0.39 is 24.8 Å². The first-order valence-electron chi connectivity index (χ1n) is 10.8. The highest BCUT2D eigenvalue weighted by Gasteiger charge is 2.23. The SMILES string of the molecule is CN(C)S(=O)(=O)c1ccc(-c2nn(-c3ccccc3)cc2/C=C(/C#N)S(=O)(=O)c2ccc(Cl)cc2)cc1. The lowest BCUT2D eigenvalue weighted by molar-refractivity contribution is 0.521. The maximum Gasteiger partial charge on any atom is 0.242 e. The van der Waals surface area contributed by atoms with Gasteiger partial charge in [-0.25, -0.2) is 25.8 Å². The molecular formula is C26H21ClN4O4S2. The second-order valence-corrected chi connectivity index (χ2v) is 12.6. The lowest BCUT2D eigenvalue weighted by Crippen LogP contribution is -2.22. The molecular weight excluding hydrogens is 532 g/mol. The molecule has 8 nitrogen and oxygen atoms in total. The van der Waals surface area contributed by atoms with Crippen molar-refractivity contribution in [3.63, 3.8) is 0 Å². The van der Waals surface area contributed by atoms with Crippen LogP contribution in [0.1, 0.15) is 5.56 Å². The quantitative estimate of drug-likeness (QED) is 0.305. The molecule has 37 heavy (non-hydrogen) atoms. The molecule has 0 saturated carbocycles. The molecule has 0 atom stereocenters. The fraction of sp³-hybridized carbons (Fsp3) is 0.0769. The van der Waals surface area contributed by atoms with Crippen LogP contribution in [0, 0.1) is 11.3 Å². The summed E-state index contributed by atoms with van der Waals surface area (Å²) in [5.74, 6) is 0. The molecule has 1 aromatic heterocycles. The van der Waals surface area contributed by atoms with Gasteiger partial charge in [-0.15, -0.1) is 0 Å². The van der Waals surface area contributed by atoms with E-state index in [4.69, 9.17) is 11.6 Å². The number of rotatable bonds is 7. The second-order valence-electron chi connectivity index (χ2n) is 8.10. The van der Waals surface area contributed by atoms with E-state index in [9.17, 15) is 22.1 Å². The number of para-hydroxylation sites is 1. The van der Waals surface area contributed by atoms with Crippen LogP contribution in [0.2, 0.25) is 5.02 Å². The average molecular weight is 553 g/mol. The van der Waals surface area contributed by atoms with Gasteiger partial charge in [-0.05, 0) is 54.6 Å². The van der Waals surface area contributed by atoms with E-state index in [1.54, 1.807) is 29.1 Å². The van der Waals surface area contributed by atoms with Crippen molar-refractivity contribution in [2.45, 2.75) is 9.79 Å². The summed E-state index contributed by atoms with van der Waals surface area (Å²) in [6.07, 6.45) is 2.88. The molecule has 0 aliphatic carbocycles. The summed E-state index contributed by atoms with van der Waals surface area (Å²) >= 11 is 5.89. The number of aromatic nitrogens is 2. The highest BCUT2D eigenvalue weighted by atomic mass is 35.5. The molecule has 3 aromatic carbocycles. The van der Waals surface area contributed by atoms with E-state index >= 15 is 0 Å². The Morgan fingerprint density at radius 1 is 0.919 bits per heavy atom. The molecule has 0 saturated heterocycles. The summed E-state index contributed by atoms with van der Waals surface area (Å²) in [5, 5.41) is 14.8. The minimum absolute atomic E-state index is 0.0695. The highest BCUT2D eigenvalue weighted by Crippen LogP contribution is 2.30. The third kappa shape index (κ3) is 5.35. The lowest BCUT2D eigenvalue weighted by Gasteiger charge is -2.11. The van der Waals surface area contributed by atoms with Crippen molar-refractivity contribution in [2.75, 3.05) is 14.1 Å². The number of allylic oxidation sites excluding steroid dienone is 1. The number of hydrogen-bond acceptors (Lipinski definition) is 6. The molecule has 0 unspecified atom stereocenters. The summed E-state index contributed by atoms with van der Waals surface area (Å²) in [4.78, 5) is -0.445. The van der Waals surface area contributed by atoms with Gasteiger partial charge in [0.1, 0.15) is 16.7 Å². The van der Waals surface area contributed by atoms with E-state index in [0.29, 0.717) is 27.5 Å². The zero-order valence-electron chi connectivity index (χ0n) is 19.8. The van der Waals surface area contributed by atoms with Crippen LogP contribution in [-0.4, -0.2) is 45.0 Å². The molecule has 0 amide bonds. The number of hydrogen-bond donors (Lipinski definition) is 0. The van der Waals surface area contributed by atoms with Crippen molar-refractivity contribution in [1.82, 2.24) is 14.1 Å². The first-order valence-corrected chi connectivity index (χ1v) is 14.1. The van der Waals surface area contributed by atoms with Crippen LogP contribution in [-0.2, 0) is 19.9 Å². The molecule has 0 spiro atoms. The van der Waals surface area contributed by atoms with Crippen LogP contribution in [0.5, 0.6) is 0 Å². The van der Waals surface area contributed by atoms with Gasteiger partial charge in [0.2, 0.25) is 19.9 Å². The Balaban J connectivity index is 1.87. The Kier molecular flexibility index (Phi) is 7.34. The minimum Gasteiger partial charge on any atom is -0.240 e. The molecule has 0 N–H and O–H groups in total. The van der Waals surface area contributed by atoms with Crippen molar-refractivity contribution >= 4 is 37.5 Å². The van der Waals surface area contributed by atoms with Crippen LogP contribution < -0.4 is 0 Å². The summed E-state index contributed by atoms with van der Waals surface area (Å²) in [6, 6.07) is 22.6. The third-order valence-electron chi connectivity index (χ3n) is 5.48. The number of nitrogens with zero attached hydrogens (tertiary/aromatic N) is 4. The van der Waals surface area contributed by atoms with E-state index in [1.807, 2.05) is 30.3 Å². The molecule has 1 heterocycles. The van der Waals surface area contributed by atoms with E-state index in [0.717, 1.165) is 4.31 Å². The topological polar surface area (TPSA) is 113 Å². The van der Waals surface area contributed by atoms with Crippen molar-refractivity contribution in [2.24, 2.45) is 0 Å². The van der Waals surface area contributed by atoms with Crippen LogP contribution in [0.15, 0.2) is 99.8 Å². The Hall–Kier alpha value is -3.75. The highest BCUT2D eigenvalue weighted by molar-refractivity contribution is 7.95. The number of benzene rings is 3. The molecule has 4 rings (SSSR count). The molecule has 0 fully saturated rings. The molecule has 0 radical (unpaired) electrons. The Bertz CT molecular complexity index is 1720. The molecule has 4 aromatic rings. The lowest BCUT2D eigenvalue weighted by atomic mass is 10.1. The van der Waals surface area contributed by atoms with Gasteiger partial charge < -0.3 is 0 Å².